The third-order valence-corrected chi connectivity index (χ3v) is 2.26. The van der Waals surface area contributed by atoms with Gasteiger partial charge in [0.25, 0.3) is 0 Å². The fourth-order valence-corrected chi connectivity index (χ4v) is 1.67. The lowest BCUT2D eigenvalue weighted by Crippen LogP contribution is -2.15. The maximum Gasteiger partial charge on any atom is 0.163 e. The van der Waals surface area contributed by atoms with Crippen LogP contribution in [0.4, 0.5) is 0 Å². The molecule has 0 unspecified atom stereocenters. The second-order valence-corrected chi connectivity index (χ2v) is 3.34. The summed E-state index contributed by atoms with van der Waals surface area (Å²) in [6.45, 7) is 3.16. The van der Waals surface area contributed by atoms with Crippen molar-refractivity contribution in [3.8, 4) is 11.5 Å². The molecule has 4 nitrogen and oxygen atoms in total. The van der Waals surface area contributed by atoms with Crippen molar-refractivity contribution in [3.63, 3.8) is 0 Å². The van der Waals surface area contributed by atoms with Gasteiger partial charge in [-0.2, -0.15) is 0 Å². The van der Waals surface area contributed by atoms with Crippen molar-refractivity contribution >= 4 is 11.0 Å². The second kappa shape index (κ2) is 2.64. The van der Waals surface area contributed by atoms with E-state index < -0.39 is 0 Å². The highest BCUT2D eigenvalue weighted by atomic mass is 16.6. The average molecular weight is 190 g/mol. The third kappa shape index (κ3) is 1.04. The smallest absolute Gasteiger partial charge is 0.163 e. The van der Waals surface area contributed by atoms with E-state index in [0.717, 1.165) is 28.4 Å². The van der Waals surface area contributed by atoms with Crippen LogP contribution >= 0.6 is 0 Å². The van der Waals surface area contributed by atoms with Crippen molar-refractivity contribution in [3.05, 3.63) is 18.0 Å². The summed E-state index contributed by atoms with van der Waals surface area (Å²) in [5.41, 5.74) is 1.92. The lowest BCUT2D eigenvalue weighted by Gasteiger charge is -2.17. The highest BCUT2D eigenvalue weighted by Crippen LogP contribution is 2.33. The van der Waals surface area contributed by atoms with Gasteiger partial charge in [0.05, 0.1) is 11.0 Å². The van der Waals surface area contributed by atoms with Gasteiger partial charge in [-0.3, -0.25) is 0 Å². The molecule has 2 heterocycles. The molecule has 1 aromatic carbocycles. The van der Waals surface area contributed by atoms with Crippen LogP contribution in [0.3, 0.4) is 0 Å². The molecular formula is C10H10N2O2. The monoisotopic (exact) mass is 190 g/mol. The van der Waals surface area contributed by atoms with E-state index in [9.17, 15) is 0 Å². The van der Waals surface area contributed by atoms with Crippen LogP contribution in [-0.2, 0) is 0 Å². The largest absolute Gasteiger partial charge is 0.486 e. The van der Waals surface area contributed by atoms with Crippen molar-refractivity contribution in [1.82, 2.24) is 9.97 Å². The van der Waals surface area contributed by atoms with Gasteiger partial charge in [0.2, 0.25) is 0 Å². The van der Waals surface area contributed by atoms with Crippen LogP contribution in [0.2, 0.25) is 0 Å². The molecule has 1 aromatic heterocycles. The number of imidazole rings is 1. The number of hydrogen-bond donors (Lipinski definition) is 1. The number of aromatic amines is 1. The molecule has 4 heteroatoms. The Morgan fingerprint density at radius 3 is 2.71 bits per heavy atom. The summed E-state index contributed by atoms with van der Waals surface area (Å²) in [6.07, 6.45) is 0. The lowest BCUT2D eigenvalue weighted by molar-refractivity contribution is 0.172. The van der Waals surface area contributed by atoms with Gasteiger partial charge in [0, 0.05) is 12.1 Å². The number of nitrogens with one attached hydrogen (secondary N) is 1. The van der Waals surface area contributed by atoms with Gasteiger partial charge >= 0.3 is 0 Å². The predicted octanol–water partition coefficient (Wildman–Crippen LogP) is 1.64. The molecule has 3 rings (SSSR count). The van der Waals surface area contributed by atoms with Crippen molar-refractivity contribution in [1.29, 1.82) is 0 Å². The molecule has 0 spiro atoms. The molecule has 0 fully saturated rings. The number of fused-ring (bicyclic) bond motifs is 2. The molecule has 0 amide bonds. The number of rotatable bonds is 0. The Hall–Kier alpha value is -1.71. The molecule has 2 aromatic rings. The van der Waals surface area contributed by atoms with Gasteiger partial charge in [0.1, 0.15) is 19.0 Å². The zero-order valence-corrected chi connectivity index (χ0v) is 7.83. The Labute approximate surface area is 80.9 Å². The van der Waals surface area contributed by atoms with E-state index in [0.29, 0.717) is 13.2 Å². The van der Waals surface area contributed by atoms with Crippen molar-refractivity contribution in [2.75, 3.05) is 13.2 Å². The molecule has 0 atom stereocenters. The lowest BCUT2D eigenvalue weighted by atomic mass is 10.2. The van der Waals surface area contributed by atoms with Gasteiger partial charge in [0.15, 0.2) is 11.5 Å². The molecule has 14 heavy (non-hydrogen) atoms. The molecule has 72 valence electrons. The molecule has 1 aliphatic heterocycles. The van der Waals surface area contributed by atoms with Gasteiger partial charge in [-0.1, -0.05) is 0 Å². The summed E-state index contributed by atoms with van der Waals surface area (Å²) in [7, 11) is 0. The number of aryl methyl sites for hydroxylation is 1. The van der Waals surface area contributed by atoms with E-state index in [1.54, 1.807) is 0 Å². The van der Waals surface area contributed by atoms with Crippen LogP contribution in [-0.4, -0.2) is 23.2 Å². The third-order valence-electron chi connectivity index (χ3n) is 2.26. The minimum absolute atomic E-state index is 0.613. The van der Waals surface area contributed by atoms with Crippen LogP contribution in [0.1, 0.15) is 5.82 Å². The normalized spacial score (nSPS) is 14.6. The minimum Gasteiger partial charge on any atom is -0.486 e. The van der Waals surface area contributed by atoms with Crippen LogP contribution in [0.25, 0.3) is 11.0 Å². The van der Waals surface area contributed by atoms with Gasteiger partial charge in [-0.05, 0) is 6.92 Å². The van der Waals surface area contributed by atoms with Crippen molar-refractivity contribution < 1.29 is 9.47 Å². The zero-order valence-electron chi connectivity index (χ0n) is 7.83. The Balaban J connectivity index is 2.26. The molecule has 0 aliphatic carbocycles. The number of H-pyrrole nitrogens is 1. The number of aromatic nitrogens is 2. The topological polar surface area (TPSA) is 47.1 Å². The fourth-order valence-electron chi connectivity index (χ4n) is 1.67. The highest BCUT2D eigenvalue weighted by molar-refractivity contribution is 5.79. The van der Waals surface area contributed by atoms with Crippen LogP contribution in [0.15, 0.2) is 12.1 Å². The van der Waals surface area contributed by atoms with Gasteiger partial charge in [-0.25, -0.2) is 4.98 Å². The molecule has 0 saturated heterocycles. The molecular weight excluding hydrogens is 180 g/mol. The van der Waals surface area contributed by atoms with E-state index in [1.165, 1.54) is 0 Å². The quantitative estimate of drug-likeness (QED) is 0.687. The summed E-state index contributed by atoms with van der Waals surface area (Å²) in [4.78, 5) is 7.49. The number of hydrogen-bond acceptors (Lipinski definition) is 3. The number of benzene rings is 1. The fraction of sp³-hybridized carbons (Fsp3) is 0.300. The first-order valence-corrected chi connectivity index (χ1v) is 4.59. The molecule has 1 aliphatic rings. The van der Waals surface area contributed by atoms with E-state index in [4.69, 9.17) is 9.47 Å². The number of nitrogens with zero attached hydrogens (tertiary/aromatic N) is 1. The van der Waals surface area contributed by atoms with Gasteiger partial charge < -0.3 is 14.5 Å². The average Bonchev–Trinajstić information content (AvgIpc) is 2.53. The maximum absolute atomic E-state index is 5.47. The van der Waals surface area contributed by atoms with E-state index in [2.05, 4.69) is 9.97 Å². The van der Waals surface area contributed by atoms with Crippen LogP contribution in [0.5, 0.6) is 11.5 Å². The Kier molecular flexibility index (Phi) is 1.45. The first kappa shape index (κ1) is 7.67. The van der Waals surface area contributed by atoms with E-state index in [1.807, 2.05) is 19.1 Å². The predicted molar refractivity (Wildman–Crippen MR) is 51.8 cm³/mol. The van der Waals surface area contributed by atoms with Crippen molar-refractivity contribution in [2.45, 2.75) is 6.92 Å². The molecule has 0 radical (unpaired) electrons. The summed E-state index contributed by atoms with van der Waals surface area (Å²) >= 11 is 0. The molecule has 0 bridgehead atoms. The first-order chi connectivity index (χ1) is 6.83. The van der Waals surface area contributed by atoms with Gasteiger partial charge in [-0.15, -0.1) is 0 Å². The Morgan fingerprint density at radius 2 is 1.93 bits per heavy atom. The minimum atomic E-state index is 0.613. The zero-order chi connectivity index (χ0) is 9.54. The second-order valence-electron chi connectivity index (χ2n) is 3.34. The summed E-state index contributed by atoms with van der Waals surface area (Å²) < 4.78 is 10.9. The molecule has 0 saturated carbocycles. The highest BCUT2D eigenvalue weighted by Gasteiger charge is 2.13. The first-order valence-electron chi connectivity index (χ1n) is 4.59. The standard InChI is InChI=1S/C10H10N2O2/c1-6-11-7-4-9-10(5-8(7)12-6)14-3-2-13-9/h4-5H,2-3H2,1H3,(H,11,12). The molecule has 1 N–H and O–H groups in total. The maximum atomic E-state index is 5.47. The summed E-state index contributed by atoms with van der Waals surface area (Å²) in [5.74, 6) is 2.49. The Bertz CT molecular complexity index is 447. The Morgan fingerprint density at radius 1 is 1.21 bits per heavy atom. The summed E-state index contributed by atoms with van der Waals surface area (Å²) in [6, 6.07) is 3.84. The van der Waals surface area contributed by atoms with E-state index >= 15 is 0 Å². The van der Waals surface area contributed by atoms with Crippen molar-refractivity contribution in [2.24, 2.45) is 0 Å². The van der Waals surface area contributed by atoms with Crippen LogP contribution < -0.4 is 9.47 Å². The summed E-state index contributed by atoms with van der Waals surface area (Å²) in [5, 5.41) is 0. The van der Waals surface area contributed by atoms with Crippen LogP contribution in [0, 0.1) is 6.92 Å². The van der Waals surface area contributed by atoms with E-state index in [-0.39, 0.29) is 0 Å². The SMILES string of the molecule is Cc1nc2cc3c(cc2[nH]1)OCCO3. The number of ether oxygens (including phenoxy) is 2.